The van der Waals surface area contributed by atoms with Crippen LogP contribution in [-0.2, 0) is 65.4 Å². The molecule has 0 aliphatic carbocycles. The van der Waals surface area contributed by atoms with Crippen LogP contribution in [0.4, 0.5) is 0 Å². The zero-order valence-electron chi connectivity index (χ0n) is 66.2. The molecule has 600 valence electrons. The molecule has 19 heteroatoms. The number of carbonyl (C=O) groups excluding carboxylic acids is 4. The molecule has 0 heterocycles. The topological polar surface area (TPSA) is 237 Å². The van der Waals surface area contributed by atoms with Crippen LogP contribution in [-0.4, -0.2) is 96.7 Å². The van der Waals surface area contributed by atoms with Crippen molar-refractivity contribution < 1.29 is 80.2 Å². The average Bonchev–Trinajstić information content (AvgIpc) is 1.06. The number of hydrogen-bond donors (Lipinski definition) is 3. The van der Waals surface area contributed by atoms with Gasteiger partial charge in [0, 0.05) is 25.7 Å². The van der Waals surface area contributed by atoms with Gasteiger partial charge in [-0.25, -0.2) is 9.13 Å². The number of unbranched alkanes of at least 4 members (excludes halogenated alkanes) is 51. The second-order valence-electron chi connectivity index (χ2n) is 30.5. The lowest BCUT2D eigenvalue weighted by molar-refractivity contribution is -0.161. The summed E-state index contributed by atoms with van der Waals surface area (Å²) >= 11 is 0. The Morgan fingerprint density at radius 3 is 0.673 bits per heavy atom. The summed E-state index contributed by atoms with van der Waals surface area (Å²) in [5, 5.41) is 10.6. The highest BCUT2D eigenvalue weighted by Crippen LogP contribution is 2.45. The van der Waals surface area contributed by atoms with Gasteiger partial charge in [-0.05, 0) is 37.5 Å². The van der Waals surface area contributed by atoms with E-state index in [1.54, 1.807) is 0 Å². The largest absolute Gasteiger partial charge is 0.472 e. The van der Waals surface area contributed by atoms with Crippen LogP contribution in [0.5, 0.6) is 0 Å². The lowest BCUT2D eigenvalue weighted by atomic mass is 10.0. The first-order valence-corrected chi connectivity index (χ1v) is 45.5. The average molecular weight is 1480 g/mol. The lowest BCUT2D eigenvalue weighted by Gasteiger charge is -2.21. The van der Waals surface area contributed by atoms with Gasteiger partial charge < -0.3 is 33.8 Å². The first-order valence-electron chi connectivity index (χ1n) is 42.5. The van der Waals surface area contributed by atoms with Crippen molar-refractivity contribution in [2.24, 2.45) is 11.8 Å². The van der Waals surface area contributed by atoms with Gasteiger partial charge in [0.2, 0.25) is 0 Å². The monoisotopic (exact) mass is 1480 g/mol. The van der Waals surface area contributed by atoms with Crippen molar-refractivity contribution in [3.63, 3.8) is 0 Å². The van der Waals surface area contributed by atoms with Crippen molar-refractivity contribution in [3.05, 3.63) is 0 Å². The highest BCUT2D eigenvalue weighted by Gasteiger charge is 2.30. The Kier molecular flexibility index (Phi) is 72.2. The van der Waals surface area contributed by atoms with Gasteiger partial charge in [-0.1, -0.05) is 382 Å². The Hall–Kier alpha value is -1.94. The predicted octanol–water partition coefficient (Wildman–Crippen LogP) is 24.7. The number of ether oxygens (including phenoxy) is 4. The van der Waals surface area contributed by atoms with Crippen molar-refractivity contribution in [2.45, 2.75) is 452 Å². The summed E-state index contributed by atoms with van der Waals surface area (Å²) < 4.78 is 68.7. The van der Waals surface area contributed by atoms with Crippen LogP contribution in [0, 0.1) is 11.8 Å². The summed E-state index contributed by atoms with van der Waals surface area (Å²) in [5.74, 6) is -0.564. The number of carbonyl (C=O) groups is 4. The van der Waals surface area contributed by atoms with Gasteiger partial charge >= 0.3 is 39.5 Å². The SMILES string of the molecule is CCCCCCCCCCCCCCCCCCCCCCCC(=O)O[C@H](COC(=O)CCCCCCCCCCCCCCCC(C)C)COP(=O)(O)OC[C@@H](O)COP(=O)(O)OC[C@@H](COC(=O)CCCCCCCCCCCCC)OC(=O)CCCCCCCCCCCCC(C)C. The molecule has 5 atom stereocenters. The zero-order chi connectivity index (χ0) is 74.2. The Morgan fingerprint density at radius 1 is 0.267 bits per heavy atom. The highest BCUT2D eigenvalue weighted by molar-refractivity contribution is 7.47. The summed E-state index contributed by atoms with van der Waals surface area (Å²) in [6, 6.07) is 0. The number of phosphoric acid groups is 2. The molecule has 0 aromatic rings. The van der Waals surface area contributed by atoms with Crippen LogP contribution in [0.25, 0.3) is 0 Å². The molecule has 0 saturated carbocycles. The van der Waals surface area contributed by atoms with E-state index in [0.29, 0.717) is 25.7 Å². The summed E-state index contributed by atoms with van der Waals surface area (Å²) in [7, 11) is -9.92. The van der Waals surface area contributed by atoms with Crippen LogP contribution in [0.15, 0.2) is 0 Å². The van der Waals surface area contributed by atoms with E-state index in [1.165, 1.54) is 250 Å². The standard InChI is InChI=1S/C82H160O17P2/c1-7-9-11-13-15-17-19-20-21-22-23-24-25-26-27-30-35-42-48-54-60-66-81(86)98-77(71-93-80(85)65-59-53-47-41-34-31-28-29-33-38-44-50-56-62-74(3)4)72-96-100(88,89)94-68-76(83)69-95-101(90,91)97-73-78(70-92-79(84)64-58-52-46-40-32-18-16-14-12-10-8-2)99-82(87)67-61-55-49-43-37-36-39-45-51-57-63-75(5)6/h74-78,83H,7-73H2,1-6H3,(H,88,89)(H,90,91)/t76-,77-,78-/m1/s1. The lowest BCUT2D eigenvalue weighted by Crippen LogP contribution is -2.30. The molecule has 0 spiro atoms. The third-order valence-corrected chi connectivity index (χ3v) is 21.1. The molecule has 0 fully saturated rings. The summed E-state index contributed by atoms with van der Waals surface area (Å²) in [6.07, 6.45) is 63.8. The van der Waals surface area contributed by atoms with Crippen molar-refractivity contribution in [3.8, 4) is 0 Å². The zero-order valence-corrected chi connectivity index (χ0v) is 68.0. The van der Waals surface area contributed by atoms with E-state index in [9.17, 15) is 43.2 Å². The maximum atomic E-state index is 13.1. The van der Waals surface area contributed by atoms with E-state index in [4.69, 9.17) is 37.0 Å². The normalized spacial score (nSPS) is 13.9. The smallest absolute Gasteiger partial charge is 0.462 e. The fraction of sp³-hybridized carbons (Fsp3) is 0.951. The maximum Gasteiger partial charge on any atom is 0.472 e. The number of aliphatic hydroxyl groups excluding tert-OH is 1. The maximum absolute atomic E-state index is 13.1. The molecule has 0 aliphatic heterocycles. The van der Waals surface area contributed by atoms with E-state index >= 15 is 0 Å². The molecule has 0 aliphatic rings. The van der Waals surface area contributed by atoms with Crippen molar-refractivity contribution in [1.82, 2.24) is 0 Å². The Balaban J connectivity index is 5.23. The third kappa shape index (κ3) is 76.1. The van der Waals surface area contributed by atoms with E-state index in [0.717, 1.165) is 102 Å². The van der Waals surface area contributed by atoms with Gasteiger partial charge in [-0.3, -0.25) is 37.3 Å². The van der Waals surface area contributed by atoms with E-state index in [1.807, 2.05) is 0 Å². The Labute approximate surface area is 619 Å². The first kappa shape index (κ1) is 99.1. The van der Waals surface area contributed by atoms with Gasteiger partial charge in [0.05, 0.1) is 26.4 Å². The Bertz CT molecular complexity index is 1940. The second kappa shape index (κ2) is 73.6. The van der Waals surface area contributed by atoms with Crippen LogP contribution < -0.4 is 0 Å². The van der Waals surface area contributed by atoms with E-state index in [2.05, 4.69) is 41.5 Å². The molecule has 0 saturated heterocycles. The molecule has 3 N–H and O–H groups in total. The quantitative estimate of drug-likeness (QED) is 0.0222. The molecule has 0 aromatic carbocycles. The van der Waals surface area contributed by atoms with Gasteiger partial charge in [0.15, 0.2) is 12.2 Å². The molecule has 2 unspecified atom stereocenters. The van der Waals surface area contributed by atoms with Gasteiger partial charge in [0.1, 0.15) is 19.3 Å². The minimum Gasteiger partial charge on any atom is -0.462 e. The number of esters is 4. The Morgan fingerprint density at radius 2 is 0.455 bits per heavy atom. The van der Waals surface area contributed by atoms with Crippen LogP contribution >= 0.6 is 15.6 Å². The molecule has 0 bridgehead atoms. The first-order chi connectivity index (χ1) is 48.9. The summed E-state index contributed by atoms with van der Waals surface area (Å²) in [5.41, 5.74) is 0. The highest BCUT2D eigenvalue weighted by atomic mass is 31.2. The van der Waals surface area contributed by atoms with Gasteiger partial charge in [0.25, 0.3) is 0 Å². The minimum absolute atomic E-state index is 0.106. The second-order valence-corrected chi connectivity index (χ2v) is 33.4. The number of aliphatic hydroxyl groups is 1. The van der Waals surface area contributed by atoms with Gasteiger partial charge in [-0.2, -0.15) is 0 Å². The number of rotatable bonds is 81. The molecular formula is C82H160O17P2. The number of phosphoric ester groups is 2. The van der Waals surface area contributed by atoms with Crippen molar-refractivity contribution in [2.75, 3.05) is 39.6 Å². The fourth-order valence-electron chi connectivity index (χ4n) is 12.7. The predicted molar refractivity (Wildman–Crippen MR) is 414 cm³/mol. The van der Waals surface area contributed by atoms with E-state index in [-0.39, 0.29) is 25.7 Å². The van der Waals surface area contributed by atoms with Crippen LogP contribution in [0.3, 0.4) is 0 Å². The molecule has 101 heavy (non-hydrogen) atoms. The number of hydrogen-bond acceptors (Lipinski definition) is 15. The van der Waals surface area contributed by atoms with Crippen LogP contribution in [0.1, 0.15) is 433 Å². The molecule has 0 radical (unpaired) electrons. The van der Waals surface area contributed by atoms with Gasteiger partial charge in [-0.15, -0.1) is 0 Å². The fourth-order valence-corrected chi connectivity index (χ4v) is 14.3. The van der Waals surface area contributed by atoms with E-state index < -0.39 is 97.5 Å². The molecule has 17 nitrogen and oxygen atoms in total. The summed E-state index contributed by atoms with van der Waals surface area (Å²) in [6.45, 7) is 9.64. The molecule has 0 aromatic heterocycles. The third-order valence-electron chi connectivity index (χ3n) is 19.2. The van der Waals surface area contributed by atoms with Crippen molar-refractivity contribution >= 4 is 39.5 Å². The minimum atomic E-state index is -4.96. The molecule has 0 rings (SSSR count). The molecular weight excluding hydrogens is 1320 g/mol. The molecule has 0 amide bonds. The van der Waals surface area contributed by atoms with Crippen LogP contribution in [0.2, 0.25) is 0 Å². The summed E-state index contributed by atoms with van der Waals surface area (Å²) in [4.78, 5) is 73.0. The van der Waals surface area contributed by atoms with Crippen molar-refractivity contribution in [1.29, 1.82) is 0 Å².